The number of aromatic nitrogens is 3. The molecule has 208 valence electrons. The quantitative estimate of drug-likeness (QED) is 0.402. The molecule has 3 atom stereocenters. The van der Waals surface area contributed by atoms with Gasteiger partial charge >= 0.3 is 0 Å². The number of rotatable bonds is 5. The Hall–Kier alpha value is -4.34. The summed E-state index contributed by atoms with van der Waals surface area (Å²) in [6.07, 6.45) is 0.716. The third-order valence-electron chi connectivity index (χ3n) is 8.25. The summed E-state index contributed by atoms with van der Waals surface area (Å²) in [7, 11) is 3.45. The second-order valence-corrected chi connectivity index (χ2v) is 11.9. The fourth-order valence-electron chi connectivity index (χ4n) is 6.07. The van der Waals surface area contributed by atoms with Gasteiger partial charge in [0.15, 0.2) is 5.82 Å². The number of likely N-dealkylation sites (tertiary alicyclic amines) is 2. The van der Waals surface area contributed by atoms with Crippen LogP contribution in [-0.4, -0.2) is 80.4 Å². The lowest BCUT2D eigenvalue weighted by molar-refractivity contribution is -0.138. The molecule has 0 radical (unpaired) electrons. The number of H-pyrrole nitrogens is 1. The molecule has 2 aromatic carbocycles. The van der Waals surface area contributed by atoms with Crippen molar-refractivity contribution in [3.8, 4) is 5.75 Å². The molecule has 10 nitrogen and oxygen atoms in total. The van der Waals surface area contributed by atoms with Crippen molar-refractivity contribution in [3.63, 3.8) is 0 Å². The van der Waals surface area contributed by atoms with Gasteiger partial charge in [0.2, 0.25) is 5.91 Å². The van der Waals surface area contributed by atoms with Crippen LogP contribution < -0.4 is 10.1 Å². The smallest absolute Gasteiger partial charge is 0.290 e. The van der Waals surface area contributed by atoms with Crippen molar-refractivity contribution in [1.29, 1.82) is 0 Å². The number of carbonyl (C=O) groups excluding carboxylic acids is 3. The molecule has 2 fully saturated rings. The number of piperazine rings is 1. The molecule has 1 unspecified atom stereocenters. The van der Waals surface area contributed by atoms with Gasteiger partial charge in [-0.25, -0.2) is 4.98 Å². The number of hydrogen-bond donors (Lipinski definition) is 2. The van der Waals surface area contributed by atoms with Crippen LogP contribution in [0.2, 0.25) is 0 Å². The Morgan fingerprint density at radius 1 is 1.05 bits per heavy atom. The molecule has 2 aromatic heterocycles. The molecule has 10 heteroatoms. The van der Waals surface area contributed by atoms with Crippen molar-refractivity contribution < 1.29 is 19.1 Å². The van der Waals surface area contributed by atoms with E-state index < -0.39 is 11.5 Å². The highest BCUT2D eigenvalue weighted by Crippen LogP contribution is 2.34. The van der Waals surface area contributed by atoms with Crippen LogP contribution in [0.5, 0.6) is 5.75 Å². The Morgan fingerprint density at radius 3 is 2.45 bits per heavy atom. The van der Waals surface area contributed by atoms with Crippen LogP contribution in [0, 0.1) is 5.41 Å². The third-order valence-corrected chi connectivity index (χ3v) is 8.25. The molecule has 2 bridgehead atoms. The highest BCUT2D eigenvalue weighted by Gasteiger charge is 2.50. The molecule has 0 aliphatic carbocycles. The van der Waals surface area contributed by atoms with Crippen molar-refractivity contribution in [2.75, 3.05) is 20.2 Å². The highest BCUT2D eigenvalue weighted by molar-refractivity contribution is 6.01. The predicted molar refractivity (Wildman–Crippen MR) is 151 cm³/mol. The van der Waals surface area contributed by atoms with Crippen LogP contribution in [0.1, 0.15) is 48.3 Å². The number of ether oxygens (including phenoxy) is 1. The first-order valence-corrected chi connectivity index (χ1v) is 13.6. The van der Waals surface area contributed by atoms with Gasteiger partial charge in [-0.3, -0.25) is 14.4 Å². The van der Waals surface area contributed by atoms with E-state index in [-0.39, 0.29) is 29.8 Å². The summed E-state index contributed by atoms with van der Waals surface area (Å²) in [5, 5.41) is 3.92. The highest BCUT2D eigenvalue weighted by atomic mass is 16.5. The molecule has 2 aliphatic rings. The number of nitrogens with zero attached hydrogens (tertiary/aromatic N) is 4. The van der Waals surface area contributed by atoms with E-state index in [1.807, 2.05) is 90.7 Å². The number of carbonyl (C=O) groups is 3. The van der Waals surface area contributed by atoms with Crippen LogP contribution >= 0.6 is 0 Å². The fourth-order valence-corrected chi connectivity index (χ4v) is 6.07. The molecule has 6 rings (SSSR count). The van der Waals surface area contributed by atoms with Crippen molar-refractivity contribution in [2.24, 2.45) is 12.5 Å². The topological polar surface area (TPSA) is 113 Å². The largest absolute Gasteiger partial charge is 0.497 e. The number of fused-ring (bicyclic) bond motifs is 4. The zero-order valence-corrected chi connectivity index (χ0v) is 23.4. The van der Waals surface area contributed by atoms with Gasteiger partial charge in [-0.1, -0.05) is 32.9 Å². The minimum absolute atomic E-state index is 0.0841. The van der Waals surface area contributed by atoms with E-state index in [1.54, 1.807) is 7.11 Å². The van der Waals surface area contributed by atoms with E-state index in [0.717, 1.165) is 21.9 Å². The zero-order chi connectivity index (χ0) is 28.3. The Labute approximate surface area is 232 Å². The number of methoxy groups -OCH3 is 1. The van der Waals surface area contributed by atoms with Gasteiger partial charge in [-0.15, -0.1) is 0 Å². The number of para-hydroxylation sites is 2. The molecule has 0 saturated carbocycles. The van der Waals surface area contributed by atoms with E-state index in [1.165, 1.54) is 0 Å². The van der Waals surface area contributed by atoms with Gasteiger partial charge in [-0.2, -0.15) is 0 Å². The van der Waals surface area contributed by atoms with E-state index in [0.29, 0.717) is 36.8 Å². The second kappa shape index (κ2) is 9.39. The number of benzene rings is 2. The van der Waals surface area contributed by atoms with Crippen LogP contribution in [-0.2, 0) is 11.8 Å². The Kier molecular flexibility index (Phi) is 6.08. The van der Waals surface area contributed by atoms with E-state index in [2.05, 4.69) is 15.3 Å². The summed E-state index contributed by atoms with van der Waals surface area (Å²) in [6, 6.07) is 14.1. The first kappa shape index (κ1) is 25.9. The summed E-state index contributed by atoms with van der Waals surface area (Å²) < 4.78 is 7.15. The number of aryl methyl sites for hydroxylation is 1. The molecule has 2 N–H and O–H groups in total. The Balaban J connectivity index is 1.18. The van der Waals surface area contributed by atoms with Crippen LogP contribution in [0.4, 0.5) is 0 Å². The van der Waals surface area contributed by atoms with Gasteiger partial charge in [-0.05, 0) is 48.2 Å². The molecular formula is C30H34N6O4. The number of hydrogen-bond acceptors (Lipinski definition) is 5. The number of imidazole rings is 1. The van der Waals surface area contributed by atoms with Crippen LogP contribution in [0.25, 0.3) is 21.9 Å². The molecule has 2 saturated heterocycles. The van der Waals surface area contributed by atoms with Gasteiger partial charge in [0.25, 0.3) is 11.8 Å². The van der Waals surface area contributed by atoms with Gasteiger partial charge in [0, 0.05) is 31.0 Å². The SMILES string of the molecule is COc1ccc2c(c1)cc(C(=O)NC(C(=O)N1C[C@@H]3C[C@H]1CN3C(=O)c1nc3ccccc3[nH]1)C(C)(C)C)n2C. The molecule has 4 aromatic rings. The lowest BCUT2D eigenvalue weighted by atomic mass is 9.85. The average Bonchev–Trinajstić information content (AvgIpc) is 3.71. The first-order chi connectivity index (χ1) is 19.0. The van der Waals surface area contributed by atoms with Gasteiger partial charge in [0.05, 0.1) is 30.2 Å². The Morgan fingerprint density at radius 2 is 1.77 bits per heavy atom. The molecular weight excluding hydrogens is 508 g/mol. The van der Waals surface area contributed by atoms with E-state index in [4.69, 9.17) is 4.74 Å². The maximum atomic E-state index is 13.9. The maximum absolute atomic E-state index is 13.9. The lowest BCUT2D eigenvalue weighted by Gasteiger charge is -2.39. The summed E-state index contributed by atoms with van der Waals surface area (Å²) in [5.41, 5.74) is 2.42. The lowest BCUT2D eigenvalue weighted by Crippen LogP contribution is -2.59. The molecule has 40 heavy (non-hydrogen) atoms. The molecule has 3 amide bonds. The minimum Gasteiger partial charge on any atom is -0.497 e. The standard InChI is InChI=1S/C30H34N6O4/c1-30(2,3)25(33-27(37)24-13-17-12-20(40-5)10-11-23(17)34(24)4)28(38)35-15-19-14-18(35)16-36(19)29(39)26-31-21-8-6-7-9-22(21)32-26/h6-13,18-19,25H,14-16H2,1-5H3,(H,31,32)(H,33,37)/t18-,19-,25?/m0/s1. The molecule has 0 spiro atoms. The van der Waals surface area contributed by atoms with Crippen molar-refractivity contribution >= 4 is 39.7 Å². The fraction of sp³-hybridized carbons (Fsp3) is 0.400. The Bertz CT molecular complexity index is 1610. The average molecular weight is 543 g/mol. The molecule has 2 aliphatic heterocycles. The monoisotopic (exact) mass is 542 g/mol. The first-order valence-electron chi connectivity index (χ1n) is 13.6. The number of aromatic amines is 1. The summed E-state index contributed by atoms with van der Waals surface area (Å²) in [6.45, 7) is 6.74. The third kappa shape index (κ3) is 4.27. The summed E-state index contributed by atoms with van der Waals surface area (Å²) in [4.78, 5) is 52.0. The van der Waals surface area contributed by atoms with Gasteiger partial charge in [0.1, 0.15) is 17.5 Å². The summed E-state index contributed by atoms with van der Waals surface area (Å²) >= 11 is 0. The number of amides is 3. The molecule has 4 heterocycles. The van der Waals surface area contributed by atoms with Crippen molar-refractivity contribution in [1.82, 2.24) is 29.7 Å². The maximum Gasteiger partial charge on any atom is 0.290 e. The van der Waals surface area contributed by atoms with Crippen molar-refractivity contribution in [2.45, 2.75) is 45.3 Å². The van der Waals surface area contributed by atoms with Crippen LogP contribution in [0.15, 0.2) is 48.5 Å². The number of nitrogens with one attached hydrogen (secondary N) is 2. The van der Waals surface area contributed by atoms with Gasteiger partial charge < -0.3 is 29.4 Å². The zero-order valence-electron chi connectivity index (χ0n) is 23.4. The minimum atomic E-state index is -0.730. The van der Waals surface area contributed by atoms with E-state index >= 15 is 0 Å². The van der Waals surface area contributed by atoms with Crippen LogP contribution in [0.3, 0.4) is 0 Å². The summed E-state index contributed by atoms with van der Waals surface area (Å²) in [5.74, 6) is 0.453. The second-order valence-electron chi connectivity index (χ2n) is 11.9. The van der Waals surface area contributed by atoms with E-state index in [9.17, 15) is 14.4 Å². The van der Waals surface area contributed by atoms with Crippen molar-refractivity contribution in [3.05, 3.63) is 60.0 Å². The predicted octanol–water partition coefficient (Wildman–Crippen LogP) is 3.33. The normalized spacial score (nSPS) is 19.4.